The van der Waals surface area contributed by atoms with Crippen molar-refractivity contribution in [1.29, 1.82) is 0 Å². The summed E-state index contributed by atoms with van der Waals surface area (Å²) < 4.78 is 7.42. The fraction of sp³-hybridized carbons (Fsp3) is 0.353. The molecule has 0 aliphatic carbocycles. The molecule has 3 rings (SSSR count). The zero-order valence-corrected chi connectivity index (χ0v) is 13.3. The molecule has 1 atom stereocenters. The molecule has 24 heavy (non-hydrogen) atoms. The van der Waals surface area contributed by atoms with Crippen LogP contribution in [0, 0.1) is 0 Å². The van der Waals surface area contributed by atoms with E-state index in [0.29, 0.717) is 17.9 Å². The molecule has 126 valence electrons. The van der Waals surface area contributed by atoms with Gasteiger partial charge in [-0.2, -0.15) is 5.10 Å². The van der Waals surface area contributed by atoms with Gasteiger partial charge in [0.05, 0.1) is 6.04 Å². The number of rotatable bonds is 5. The molecule has 2 heterocycles. The van der Waals surface area contributed by atoms with Crippen LogP contribution in [0.5, 0.6) is 5.75 Å². The molecule has 7 nitrogen and oxygen atoms in total. The number of hydrogen-bond donors (Lipinski definition) is 1. The van der Waals surface area contributed by atoms with Crippen molar-refractivity contribution in [2.24, 2.45) is 5.73 Å². The van der Waals surface area contributed by atoms with Gasteiger partial charge in [-0.05, 0) is 43.2 Å². The molecule has 1 saturated heterocycles. The number of benzene rings is 1. The Balaban J connectivity index is 1.53. The van der Waals surface area contributed by atoms with Gasteiger partial charge in [0.1, 0.15) is 5.75 Å². The van der Waals surface area contributed by atoms with Crippen molar-refractivity contribution in [1.82, 2.24) is 14.7 Å². The zero-order valence-electron chi connectivity index (χ0n) is 13.3. The molecule has 0 bridgehead atoms. The number of hydrogen-bond acceptors (Lipinski definition) is 4. The Kier molecular flexibility index (Phi) is 4.79. The second-order valence-electron chi connectivity index (χ2n) is 5.80. The Bertz CT molecular complexity index is 697. The topological polar surface area (TPSA) is 90.5 Å². The molecule has 1 unspecified atom stereocenters. The number of ether oxygens (including phenoxy) is 1. The minimum atomic E-state index is -0.490. The van der Waals surface area contributed by atoms with Gasteiger partial charge in [-0.15, -0.1) is 0 Å². The molecule has 2 amide bonds. The summed E-state index contributed by atoms with van der Waals surface area (Å²) in [7, 11) is 0. The Morgan fingerprint density at radius 1 is 1.29 bits per heavy atom. The first-order valence-corrected chi connectivity index (χ1v) is 7.93. The van der Waals surface area contributed by atoms with Gasteiger partial charge in [-0.25, -0.2) is 0 Å². The number of nitrogens with zero attached hydrogens (tertiary/aromatic N) is 3. The quantitative estimate of drug-likeness (QED) is 0.893. The minimum Gasteiger partial charge on any atom is -0.484 e. The molecule has 0 saturated carbocycles. The first-order chi connectivity index (χ1) is 11.6. The van der Waals surface area contributed by atoms with Crippen LogP contribution < -0.4 is 10.5 Å². The summed E-state index contributed by atoms with van der Waals surface area (Å²) in [6.45, 7) is 1.35. The molecular weight excluding hydrogens is 308 g/mol. The first kappa shape index (κ1) is 16.0. The van der Waals surface area contributed by atoms with Gasteiger partial charge in [0.15, 0.2) is 6.61 Å². The molecule has 1 aliphatic heterocycles. The number of carbonyl (C=O) groups is 2. The van der Waals surface area contributed by atoms with Crippen LogP contribution in [-0.2, 0) is 4.79 Å². The van der Waals surface area contributed by atoms with Crippen LogP contribution in [0.25, 0.3) is 0 Å². The van der Waals surface area contributed by atoms with Crippen molar-refractivity contribution in [2.75, 3.05) is 19.7 Å². The normalized spacial score (nSPS) is 17.5. The van der Waals surface area contributed by atoms with Crippen molar-refractivity contribution >= 4 is 11.8 Å². The highest BCUT2D eigenvalue weighted by atomic mass is 16.5. The van der Waals surface area contributed by atoms with E-state index < -0.39 is 5.91 Å². The lowest BCUT2D eigenvalue weighted by atomic mass is 10.1. The summed E-state index contributed by atoms with van der Waals surface area (Å²) in [5.41, 5.74) is 5.60. The van der Waals surface area contributed by atoms with Crippen LogP contribution in [-0.4, -0.2) is 46.2 Å². The summed E-state index contributed by atoms with van der Waals surface area (Å²) in [5, 5.41) is 4.26. The number of amides is 2. The number of aromatic nitrogens is 2. The van der Waals surface area contributed by atoms with Crippen molar-refractivity contribution in [3.8, 4) is 5.75 Å². The van der Waals surface area contributed by atoms with Gasteiger partial charge < -0.3 is 15.4 Å². The van der Waals surface area contributed by atoms with E-state index in [1.165, 1.54) is 0 Å². The molecule has 0 spiro atoms. The molecular formula is C17H20N4O3. The Morgan fingerprint density at radius 3 is 2.75 bits per heavy atom. The molecule has 7 heteroatoms. The summed E-state index contributed by atoms with van der Waals surface area (Å²) in [6.07, 6.45) is 5.64. The number of carbonyl (C=O) groups excluding carboxylic acids is 2. The summed E-state index contributed by atoms with van der Waals surface area (Å²) in [4.78, 5) is 25.2. The maximum absolute atomic E-state index is 12.4. The predicted molar refractivity (Wildman–Crippen MR) is 87.5 cm³/mol. The lowest BCUT2D eigenvalue weighted by Gasteiger charge is -2.32. The molecule has 1 aromatic heterocycles. The van der Waals surface area contributed by atoms with Crippen LogP contribution in [0.15, 0.2) is 42.7 Å². The second kappa shape index (κ2) is 7.16. The van der Waals surface area contributed by atoms with Crippen LogP contribution in [0.1, 0.15) is 29.2 Å². The maximum Gasteiger partial charge on any atom is 0.260 e. The van der Waals surface area contributed by atoms with Crippen molar-refractivity contribution in [3.05, 3.63) is 48.3 Å². The van der Waals surface area contributed by atoms with E-state index in [9.17, 15) is 9.59 Å². The average molecular weight is 328 g/mol. The van der Waals surface area contributed by atoms with E-state index in [1.807, 2.05) is 21.8 Å². The first-order valence-electron chi connectivity index (χ1n) is 7.93. The van der Waals surface area contributed by atoms with E-state index in [-0.39, 0.29) is 18.6 Å². The highest BCUT2D eigenvalue weighted by Gasteiger charge is 2.25. The number of likely N-dealkylation sites (tertiary alicyclic amines) is 1. The molecule has 1 aliphatic rings. The Morgan fingerprint density at radius 2 is 2.08 bits per heavy atom. The SMILES string of the molecule is NC(=O)c1ccc(OCC(=O)N2CCCC(n3cccn3)C2)cc1. The van der Waals surface area contributed by atoms with Crippen LogP contribution in [0.2, 0.25) is 0 Å². The van der Waals surface area contributed by atoms with Crippen molar-refractivity contribution in [3.63, 3.8) is 0 Å². The zero-order chi connectivity index (χ0) is 16.9. The van der Waals surface area contributed by atoms with Crippen molar-refractivity contribution in [2.45, 2.75) is 18.9 Å². The van der Waals surface area contributed by atoms with Gasteiger partial charge in [0, 0.05) is 31.0 Å². The third-order valence-corrected chi connectivity index (χ3v) is 4.15. The van der Waals surface area contributed by atoms with E-state index in [1.54, 1.807) is 30.5 Å². The third-order valence-electron chi connectivity index (χ3n) is 4.15. The predicted octanol–water partition coefficient (Wildman–Crippen LogP) is 1.22. The van der Waals surface area contributed by atoms with Gasteiger partial charge in [0.25, 0.3) is 5.91 Å². The lowest BCUT2D eigenvalue weighted by molar-refractivity contribution is -0.135. The van der Waals surface area contributed by atoms with Gasteiger partial charge in [-0.1, -0.05) is 0 Å². The average Bonchev–Trinajstić information content (AvgIpc) is 3.15. The summed E-state index contributed by atoms with van der Waals surface area (Å²) in [6, 6.07) is 8.53. The molecule has 0 radical (unpaired) electrons. The van der Waals surface area contributed by atoms with E-state index in [0.717, 1.165) is 19.4 Å². The van der Waals surface area contributed by atoms with E-state index in [4.69, 9.17) is 10.5 Å². The Hall–Kier alpha value is -2.83. The number of piperidine rings is 1. The van der Waals surface area contributed by atoms with Gasteiger partial charge in [-0.3, -0.25) is 14.3 Å². The second-order valence-corrected chi connectivity index (χ2v) is 5.80. The molecule has 1 fully saturated rings. The highest BCUT2D eigenvalue weighted by molar-refractivity contribution is 5.92. The number of primary amides is 1. The minimum absolute atomic E-state index is 0.0260. The van der Waals surface area contributed by atoms with Gasteiger partial charge in [0.2, 0.25) is 5.91 Å². The maximum atomic E-state index is 12.4. The van der Waals surface area contributed by atoms with E-state index >= 15 is 0 Å². The molecule has 2 aromatic rings. The highest BCUT2D eigenvalue weighted by Crippen LogP contribution is 2.21. The monoisotopic (exact) mass is 328 g/mol. The largest absolute Gasteiger partial charge is 0.484 e. The smallest absolute Gasteiger partial charge is 0.260 e. The van der Waals surface area contributed by atoms with Gasteiger partial charge >= 0.3 is 0 Å². The standard InChI is InChI=1S/C17H20N4O3/c18-17(23)13-4-6-15(7-5-13)24-12-16(22)20-9-1-3-14(11-20)21-10-2-8-19-21/h2,4-8,10,14H,1,3,9,11-12H2,(H2,18,23). The van der Waals surface area contributed by atoms with Crippen LogP contribution in [0.3, 0.4) is 0 Å². The molecule has 1 aromatic carbocycles. The molecule has 2 N–H and O–H groups in total. The fourth-order valence-electron chi connectivity index (χ4n) is 2.85. The lowest BCUT2D eigenvalue weighted by Crippen LogP contribution is -2.43. The van der Waals surface area contributed by atoms with Crippen LogP contribution in [0.4, 0.5) is 0 Å². The summed E-state index contributed by atoms with van der Waals surface area (Å²) >= 11 is 0. The van der Waals surface area contributed by atoms with Crippen molar-refractivity contribution < 1.29 is 14.3 Å². The fourth-order valence-corrected chi connectivity index (χ4v) is 2.85. The van der Waals surface area contributed by atoms with E-state index in [2.05, 4.69) is 5.10 Å². The number of nitrogens with two attached hydrogens (primary N) is 1. The Labute approximate surface area is 140 Å². The summed E-state index contributed by atoms with van der Waals surface area (Å²) in [5.74, 6) is -0.00424. The van der Waals surface area contributed by atoms with Crippen LogP contribution >= 0.6 is 0 Å². The third kappa shape index (κ3) is 3.73.